The number of rotatable bonds is 2. The van der Waals surface area contributed by atoms with Gasteiger partial charge in [0, 0.05) is 18.5 Å². The monoisotopic (exact) mass is 320 g/mol. The van der Waals surface area contributed by atoms with E-state index in [0.717, 1.165) is 5.56 Å². The predicted molar refractivity (Wildman–Crippen MR) is 75.1 cm³/mol. The highest BCUT2D eigenvalue weighted by molar-refractivity contribution is 9.10. The summed E-state index contributed by atoms with van der Waals surface area (Å²) >= 11 is 3.14. The summed E-state index contributed by atoms with van der Waals surface area (Å²) in [6.45, 7) is 0.534. The second kappa shape index (κ2) is 4.62. The summed E-state index contributed by atoms with van der Waals surface area (Å²) in [7, 11) is 0. The van der Waals surface area contributed by atoms with Crippen molar-refractivity contribution in [2.45, 2.75) is 6.54 Å². The van der Waals surface area contributed by atoms with Gasteiger partial charge in [0.05, 0.1) is 22.1 Å². The molecule has 96 valence electrons. The van der Waals surface area contributed by atoms with E-state index in [1.165, 1.54) is 6.07 Å². The Labute approximate surface area is 117 Å². The number of fused-ring (bicyclic) bond motifs is 1. The van der Waals surface area contributed by atoms with Crippen molar-refractivity contribution < 1.29 is 4.39 Å². The topological polar surface area (TPSA) is 56.7 Å². The highest BCUT2D eigenvalue weighted by Gasteiger charge is 2.11. The molecule has 0 bridgehead atoms. The Morgan fingerprint density at radius 1 is 1.26 bits per heavy atom. The van der Waals surface area contributed by atoms with Crippen LogP contribution in [0.3, 0.4) is 0 Å². The average Bonchev–Trinajstić information content (AvgIpc) is 2.68. The summed E-state index contributed by atoms with van der Waals surface area (Å²) in [4.78, 5) is 8.20. The van der Waals surface area contributed by atoms with E-state index in [2.05, 4.69) is 25.9 Å². The lowest BCUT2D eigenvalue weighted by Gasteiger charge is -2.06. The molecule has 0 saturated carbocycles. The van der Waals surface area contributed by atoms with E-state index < -0.39 is 0 Å². The Morgan fingerprint density at radius 3 is 2.74 bits per heavy atom. The van der Waals surface area contributed by atoms with Gasteiger partial charge in [-0.1, -0.05) is 0 Å². The number of hydrogen-bond acceptors (Lipinski definition) is 3. The summed E-state index contributed by atoms with van der Waals surface area (Å²) in [6.07, 6.45) is 3.42. The number of aromatic nitrogens is 3. The predicted octanol–water partition coefficient (Wildman–Crippen LogP) is 2.96. The Kier molecular flexibility index (Phi) is 2.94. The molecule has 0 aliphatic rings. The molecule has 2 heterocycles. The minimum Gasteiger partial charge on any atom is -0.369 e. The number of pyridine rings is 1. The van der Waals surface area contributed by atoms with Crippen LogP contribution in [-0.2, 0) is 6.54 Å². The van der Waals surface area contributed by atoms with Gasteiger partial charge >= 0.3 is 0 Å². The van der Waals surface area contributed by atoms with Crippen molar-refractivity contribution in [1.29, 1.82) is 0 Å². The van der Waals surface area contributed by atoms with Gasteiger partial charge in [-0.2, -0.15) is 0 Å². The summed E-state index contributed by atoms with van der Waals surface area (Å²) < 4.78 is 15.8. The molecule has 0 unspecified atom stereocenters. The highest BCUT2D eigenvalue weighted by atomic mass is 79.9. The summed E-state index contributed by atoms with van der Waals surface area (Å²) in [5, 5.41) is 0. The van der Waals surface area contributed by atoms with Crippen LogP contribution in [0.4, 0.5) is 10.3 Å². The quantitative estimate of drug-likeness (QED) is 0.789. The first-order valence-electron chi connectivity index (χ1n) is 5.65. The van der Waals surface area contributed by atoms with Crippen LogP contribution in [0, 0.1) is 5.82 Å². The maximum absolute atomic E-state index is 13.6. The van der Waals surface area contributed by atoms with E-state index in [0.29, 0.717) is 28.0 Å². The van der Waals surface area contributed by atoms with E-state index in [4.69, 9.17) is 5.73 Å². The van der Waals surface area contributed by atoms with Crippen molar-refractivity contribution in [3.63, 3.8) is 0 Å². The number of nitrogens with two attached hydrogens (primary N) is 1. The number of imidazole rings is 1. The highest BCUT2D eigenvalue weighted by Crippen LogP contribution is 2.25. The third-order valence-electron chi connectivity index (χ3n) is 2.91. The van der Waals surface area contributed by atoms with Crippen molar-refractivity contribution >= 4 is 32.9 Å². The van der Waals surface area contributed by atoms with E-state index in [-0.39, 0.29) is 5.82 Å². The Morgan fingerprint density at radius 2 is 2.00 bits per heavy atom. The third-order valence-corrected chi connectivity index (χ3v) is 3.52. The van der Waals surface area contributed by atoms with Crippen LogP contribution in [0.1, 0.15) is 5.56 Å². The fourth-order valence-electron chi connectivity index (χ4n) is 1.98. The van der Waals surface area contributed by atoms with Crippen LogP contribution in [-0.4, -0.2) is 14.5 Å². The van der Waals surface area contributed by atoms with Gasteiger partial charge in [0.25, 0.3) is 0 Å². The SMILES string of the molecule is Nc1nc2cc(Br)c(F)cc2n1Cc1ccncc1. The maximum Gasteiger partial charge on any atom is 0.201 e. The fourth-order valence-corrected chi connectivity index (χ4v) is 2.31. The Hall–Kier alpha value is -1.95. The molecule has 0 aliphatic heterocycles. The number of halogens is 2. The Bertz CT molecular complexity index is 739. The molecule has 0 spiro atoms. The first-order valence-corrected chi connectivity index (χ1v) is 6.44. The molecule has 0 atom stereocenters. The van der Waals surface area contributed by atoms with Crippen molar-refractivity contribution in [2.75, 3.05) is 5.73 Å². The lowest BCUT2D eigenvalue weighted by Crippen LogP contribution is -2.04. The van der Waals surface area contributed by atoms with E-state index >= 15 is 0 Å². The van der Waals surface area contributed by atoms with Gasteiger partial charge < -0.3 is 10.3 Å². The van der Waals surface area contributed by atoms with Gasteiger partial charge in [0.15, 0.2) is 0 Å². The van der Waals surface area contributed by atoms with Crippen molar-refractivity contribution in [3.05, 3.63) is 52.5 Å². The molecule has 1 aromatic carbocycles. The molecule has 2 N–H and O–H groups in total. The van der Waals surface area contributed by atoms with E-state index in [1.54, 1.807) is 23.0 Å². The fraction of sp³-hybridized carbons (Fsp3) is 0.0769. The maximum atomic E-state index is 13.6. The largest absolute Gasteiger partial charge is 0.369 e. The summed E-state index contributed by atoms with van der Waals surface area (Å²) in [6, 6.07) is 6.84. The van der Waals surface area contributed by atoms with Crippen molar-refractivity contribution in [2.24, 2.45) is 0 Å². The van der Waals surface area contributed by atoms with Crippen molar-refractivity contribution in [3.8, 4) is 0 Å². The van der Waals surface area contributed by atoms with Gasteiger partial charge in [-0.15, -0.1) is 0 Å². The first kappa shape index (κ1) is 12.1. The average molecular weight is 321 g/mol. The van der Waals surface area contributed by atoms with Gasteiger partial charge in [-0.25, -0.2) is 9.37 Å². The first-order chi connectivity index (χ1) is 9.15. The zero-order valence-electron chi connectivity index (χ0n) is 9.85. The number of hydrogen-bond donors (Lipinski definition) is 1. The van der Waals surface area contributed by atoms with Crippen LogP contribution in [0.2, 0.25) is 0 Å². The molecule has 2 aromatic heterocycles. The standard InChI is InChI=1S/C13H10BrFN4/c14-9-5-11-12(6-10(9)15)19(13(16)18-11)7-8-1-3-17-4-2-8/h1-6H,7H2,(H2,16,18). The number of anilines is 1. The van der Waals surface area contributed by atoms with Gasteiger partial charge in [-0.3, -0.25) is 4.98 Å². The molecule has 6 heteroatoms. The molecular formula is C13H10BrFN4. The number of benzene rings is 1. The molecule has 0 aliphatic carbocycles. The lowest BCUT2D eigenvalue weighted by molar-refractivity contribution is 0.622. The van der Waals surface area contributed by atoms with E-state index in [1.807, 2.05) is 12.1 Å². The smallest absolute Gasteiger partial charge is 0.201 e. The molecular weight excluding hydrogens is 311 g/mol. The molecule has 3 rings (SSSR count). The van der Waals surface area contributed by atoms with Crippen molar-refractivity contribution in [1.82, 2.24) is 14.5 Å². The summed E-state index contributed by atoms with van der Waals surface area (Å²) in [5.74, 6) is 0.0349. The summed E-state index contributed by atoms with van der Waals surface area (Å²) in [5.41, 5.74) is 8.27. The van der Waals surface area contributed by atoms with Crippen LogP contribution in [0.25, 0.3) is 11.0 Å². The Balaban J connectivity index is 2.13. The molecule has 0 radical (unpaired) electrons. The molecule has 3 aromatic rings. The molecule has 0 amide bonds. The minimum atomic E-state index is -0.330. The van der Waals surface area contributed by atoms with Gasteiger partial charge in [-0.05, 0) is 39.7 Å². The molecule has 0 fully saturated rings. The third kappa shape index (κ3) is 2.19. The van der Waals surface area contributed by atoms with E-state index in [9.17, 15) is 4.39 Å². The molecule has 0 saturated heterocycles. The minimum absolute atomic E-state index is 0.330. The second-order valence-corrected chi connectivity index (χ2v) is 5.02. The van der Waals surface area contributed by atoms with Gasteiger partial charge in [0.2, 0.25) is 5.95 Å². The molecule has 19 heavy (non-hydrogen) atoms. The van der Waals surface area contributed by atoms with Crippen LogP contribution < -0.4 is 5.73 Å². The van der Waals surface area contributed by atoms with Crippen LogP contribution in [0.15, 0.2) is 41.1 Å². The van der Waals surface area contributed by atoms with Crippen LogP contribution >= 0.6 is 15.9 Å². The normalized spacial score (nSPS) is 11.1. The lowest BCUT2D eigenvalue weighted by atomic mass is 10.2. The molecule has 4 nitrogen and oxygen atoms in total. The zero-order chi connectivity index (χ0) is 13.4. The number of nitrogen functional groups attached to an aromatic ring is 1. The number of nitrogens with zero attached hydrogens (tertiary/aromatic N) is 3. The van der Waals surface area contributed by atoms with Crippen LogP contribution in [0.5, 0.6) is 0 Å². The second-order valence-electron chi connectivity index (χ2n) is 4.17. The zero-order valence-corrected chi connectivity index (χ0v) is 11.4. The van der Waals surface area contributed by atoms with Gasteiger partial charge in [0.1, 0.15) is 5.82 Å².